The van der Waals surface area contributed by atoms with Crippen LogP contribution >= 0.6 is 0 Å². The van der Waals surface area contributed by atoms with Crippen molar-refractivity contribution in [2.75, 3.05) is 7.11 Å². The van der Waals surface area contributed by atoms with Crippen molar-refractivity contribution >= 4 is 5.97 Å². The SMILES string of the molecule is COC(=O)c1ccc(=O)n(CC(C)N)c1. The molecular weight excluding hydrogens is 196 g/mol. The lowest BCUT2D eigenvalue weighted by atomic mass is 10.2. The molecule has 1 aromatic rings. The van der Waals surface area contributed by atoms with Crippen LogP contribution in [-0.4, -0.2) is 23.7 Å². The first-order valence-corrected chi connectivity index (χ1v) is 4.59. The fourth-order valence-electron chi connectivity index (χ4n) is 1.22. The third kappa shape index (κ3) is 2.92. The molecule has 0 spiro atoms. The van der Waals surface area contributed by atoms with Crippen molar-refractivity contribution in [3.8, 4) is 0 Å². The van der Waals surface area contributed by atoms with E-state index in [0.717, 1.165) is 0 Å². The molecule has 0 amide bonds. The van der Waals surface area contributed by atoms with Crippen molar-refractivity contribution in [3.05, 3.63) is 34.2 Å². The van der Waals surface area contributed by atoms with Crippen molar-refractivity contribution < 1.29 is 9.53 Å². The molecule has 0 aliphatic heterocycles. The highest BCUT2D eigenvalue weighted by Gasteiger charge is 2.07. The number of hydrogen-bond donors (Lipinski definition) is 1. The number of aromatic nitrogens is 1. The minimum atomic E-state index is -0.464. The number of nitrogens with zero attached hydrogens (tertiary/aromatic N) is 1. The predicted molar refractivity (Wildman–Crippen MR) is 55.7 cm³/mol. The summed E-state index contributed by atoms with van der Waals surface area (Å²) in [4.78, 5) is 22.6. The number of carbonyl (C=O) groups excluding carboxylic acids is 1. The molecule has 0 radical (unpaired) electrons. The van der Waals surface area contributed by atoms with Crippen LogP contribution in [0.5, 0.6) is 0 Å². The topological polar surface area (TPSA) is 74.3 Å². The fraction of sp³-hybridized carbons (Fsp3) is 0.400. The molecule has 1 rings (SSSR count). The summed E-state index contributed by atoms with van der Waals surface area (Å²) < 4.78 is 5.95. The lowest BCUT2D eigenvalue weighted by molar-refractivity contribution is 0.0599. The molecule has 1 aromatic heterocycles. The van der Waals surface area contributed by atoms with Gasteiger partial charge in [0, 0.05) is 24.8 Å². The van der Waals surface area contributed by atoms with Crippen LogP contribution in [0.3, 0.4) is 0 Å². The zero-order valence-electron chi connectivity index (χ0n) is 8.77. The molecule has 0 aromatic carbocycles. The second-order valence-electron chi connectivity index (χ2n) is 3.38. The Morgan fingerprint density at radius 2 is 2.27 bits per heavy atom. The van der Waals surface area contributed by atoms with Crippen molar-refractivity contribution in [1.29, 1.82) is 0 Å². The maximum absolute atomic E-state index is 11.4. The van der Waals surface area contributed by atoms with Gasteiger partial charge >= 0.3 is 5.97 Å². The quantitative estimate of drug-likeness (QED) is 0.711. The van der Waals surface area contributed by atoms with Crippen LogP contribution < -0.4 is 11.3 Å². The molecule has 0 aliphatic rings. The van der Waals surface area contributed by atoms with Gasteiger partial charge < -0.3 is 15.0 Å². The molecule has 1 unspecified atom stereocenters. The van der Waals surface area contributed by atoms with E-state index in [0.29, 0.717) is 12.1 Å². The Kier molecular flexibility index (Phi) is 3.62. The molecule has 1 heterocycles. The summed E-state index contributed by atoms with van der Waals surface area (Å²) in [5.41, 5.74) is 5.74. The molecule has 5 nitrogen and oxygen atoms in total. The second kappa shape index (κ2) is 4.75. The van der Waals surface area contributed by atoms with Crippen LogP contribution in [0.2, 0.25) is 0 Å². The molecule has 0 aliphatic carbocycles. The van der Waals surface area contributed by atoms with Gasteiger partial charge in [-0.25, -0.2) is 4.79 Å². The van der Waals surface area contributed by atoms with Gasteiger partial charge in [0.05, 0.1) is 12.7 Å². The summed E-state index contributed by atoms with van der Waals surface area (Å²) in [5.74, 6) is -0.464. The molecule has 0 fully saturated rings. The maximum atomic E-state index is 11.4. The Balaban J connectivity index is 3.05. The van der Waals surface area contributed by atoms with Gasteiger partial charge in [0.15, 0.2) is 0 Å². The average Bonchev–Trinajstić information content (AvgIpc) is 2.19. The molecule has 2 N–H and O–H groups in total. The van der Waals surface area contributed by atoms with Crippen LogP contribution in [0.25, 0.3) is 0 Å². The summed E-state index contributed by atoms with van der Waals surface area (Å²) >= 11 is 0. The summed E-state index contributed by atoms with van der Waals surface area (Å²) in [6.07, 6.45) is 1.46. The first-order valence-electron chi connectivity index (χ1n) is 4.59. The van der Waals surface area contributed by atoms with Gasteiger partial charge in [0.25, 0.3) is 5.56 Å². The van der Waals surface area contributed by atoms with Crippen LogP contribution in [0, 0.1) is 0 Å². The molecule has 5 heteroatoms. The van der Waals surface area contributed by atoms with Crippen LogP contribution in [0.4, 0.5) is 0 Å². The minimum Gasteiger partial charge on any atom is -0.465 e. The lowest BCUT2D eigenvalue weighted by Crippen LogP contribution is -2.29. The van der Waals surface area contributed by atoms with Crippen LogP contribution in [0.15, 0.2) is 23.1 Å². The van der Waals surface area contributed by atoms with Crippen molar-refractivity contribution in [3.63, 3.8) is 0 Å². The van der Waals surface area contributed by atoms with Gasteiger partial charge in [0.1, 0.15) is 0 Å². The lowest BCUT2D eigenvalue weighted by Gasteiger charge is -2.09. The Morgan fingerprint density at radius 1 is 1.60 bits per heavy atom. The Hall–Kier alpha value is -1.62. The molecule has 0 saturated carbocycles. The van der Waals surface area contributed by atoms with E-state index in [-0.39, 0.29) is 11.6 Å². The van der Waals surface area contributed by atoms with E-state index >= 15 is 0 Å². The van der Waals surface area contributed by atoms with Gasteiger partial charge in [-0.15, -0.1) is 0 Å². The van der Waals surface area contributed by atoms with Crippen molar-refractivity contribution in [2.24, 2.45) is 5.73 Å². The Bertz CT molecular complexity index is 409. The average molecular weight is 210 g/mol. The first kappa shape index (κ1) is 11.5. The zero-order valence-corrected chi connectivity index (χ0v) is 8.77. The predicted octanol–water partition coefficient (Wildman–Crippen LogP) is -0.0179. The van der Waals surface area contributed by atoms with Gasteiger partial charge in [-0.3, -0.25) is 4.79 Å². The van der Waals surface area contributed by atoms with Crippen molar-refractivity contribution in [1.82, 2.24) is 4.57 Å². The van der Waals surface area contributed by atoms with Gasteiger partial charge in [-0.05, 0) is 13.0 Å². The van der Waals surface area contributed by atoms with Gasteiger partial charge in [-0.2, -0.15) is 0 Å². The molecular formula is C10H14N2O3. The van der Waals surface area contributed by atoms with Crippen molar-refractivity contribution in [2.45, 2.75) is 19.5 Å². The highest BCUT2D eigenvalue weighted by molar-refractivity contribution is 5.88. The third-order valence-electron chi connectivity index (χ3n) is 1.89. The number of rotatable bonds is 3. The summed E-state index contributed by atoms with van der Waals surface area (Å²) in [5, 5.41) is 0. The largest absolute Gasteiger partial charge is 0.465 e. The van der Waals surface area contributed by atoms with E-state index in [9.17, 15) is 9.59 Å². The number of nitrogens with two attached hydrogens (primary N) is 1. The highest BCUT2D eigenvalue weighted by Crippen LogP contribution is 1.98. The smallest absolute Gasteiger partial charge is 0.339 e. The van der Waals surface area contributed by atoms with Crippen LogP contribution in [0.1, 0.15) is 17.3 Å². The van der Waals surface area contributed by atoms with E-state index in [4.69, 9.17) is 5.73 Å². The fourth-order valence-corrected chi connectivity index (χ4v) is 1.22. The zero-order chi connectivity index (χ0) is 11.4. The normalized spacial score (nSPS) is 12.2. The van der Waals surface area contributed by atoms with E-state index in [2.05, 4.69) is 4.74 Å². The summed E-state index contributed by atoms with van der Waals surface area (Å²) in [7, 11) is 1.29. The second-order valence-corrected chi connectivity index (χ2v) is 3.38. The van der Waals surface area contributed by atoms with E-state index in [1.54, 1.807) is 6.92 Å². The molecule has 0 saturated heterocycles. The van der Waals surface area contributed by atoms with E-state index in [1.807, 2.05) is 0 Å². The minimum absolute atomic E-state index is 0.143. The summed E-state index contributed by atoms with van der Waals surface area (Å²) in [6, 6.07) is 2.62. The van der Waals surface area contributed by atoms with Gasteiger partial charge in [0.2, 0.25) is 0 Å². The molecule has 1 atom stereocenters. The van der Waals surface area contributed by atoms with E-state index in [1.165, 1.54) is 30.0 Å². The molecule has 0 bridgehead atoms. The Labute approximate surface area is 87.5 Å². The first-order chi connectivity index (χ1) is 7.04. The number of carbonyl (C=O) groups is 1. The maximum Gasteiger partial charge on any atom is 0.339 e. The van der Waals surface area contributed by atoms with Gasteiger partial charge in [-0.1, -0.05) is 0 Å². The number of hydrogen-bond acceptors (Lipinski definition) is 4. The molecule has 82 valence electrons. The Morgan fingerprint density at radius 3 is 2.80 bits per heavy atom. The standard InChI is InChI=1S/C10H14N2O3/c1-7(11)5-12-6-8(10(14)15-2)3-4-9(12)13/h3-4,6-7H,5,11H2,1-2H3. The van der Waals surface area contributed by atoms with E-state index < -0.39 is 5.97 Å². The number of methoxy groups -OCH3 is 1. The van der Waals surface area contributed by atoms with Crippen LogP contribution in [-0.2, 0) is 11.3 Å². The number of ether oxygens (including phenoxy) is 1. The third-order valence-corrected chi connectivity index (χ3v) is 1.89. The summed E-state index contributed by atoms with van der Waals surface area (Å²) in [6.45, 7) is 2.17. The molecule has 15 heavy (non-hydrogen) atoms. The number of esters is 1. The monoisotopic (exact) mass is 210 g/mol. The number of pyridine rings is 1. The highest BCUT2D eigenvalue weighted by atomic mass is 16.5.